The van der Waals surface area contributed by atoms with Crippen LogP contribution in [0.2, 0.25) is 5.21 Å². The van der Waals surface area contributed by atoms with E-state index in [-0.39, 0.29) is 17.3 Å². The first-order valence-corrected chi connectivity index (χ1v) is 17.0. The molecule has 10 heteroatoms. The van der Waals surface area contributed by atoms with Crippen LogP contribution in [0.15, 0.2) is 54.7 Å². The summed E-state index contributed by atoms with van der Waals surface area (Å²) in [5.41, 5.74) is 3.27. The van der Waals surface area contributed by atoms with E-state index in [1.807, 2.05) is 57.2 Å². The van der Waals surface area contributed by atoms with Crippen molar-refractivity contribution in [1.29, 1.82) is 0 Å². The monoisotopic (exact) mass is 636 g/mol. The van der Waals surface area contributed by atoms with Crippen LogP contribution < -0.4 is 19.7 Å². The summed E-state index contributed by atoms with van der Waals surface area (Å²) in [5, 5.41) is 3.68. The second-order valence-electron chi connectivity index (χ2n) is 11.2. The van der Waals surface area contributed by atoms with Crippen LogP contribution in [-0.2, 0) is 17.8 Å². The molecular weight excluding hydrogens is 595 g/mol. The number of rotatable bonds is 14. The minimum atomic E-state index is -0.897. The van der Waals surface area contributed by atoms with E-state index in [1.54, 1.807) is 13.3 Å². The van der Waals surface area contributed by atoms with Crippen molar-refractivity contribution in [1.82, 2.24) is 15.3 Å². The number of carbonyl (C=O) groups is 2. The van der Waals surface area contributed by atoms with Crippen LogP contribution in [0.25, 0.3) is 0 Å². The molecule has 4 rings (SSSR count). The summed E-state index contributed by atoms with van der Waals surface area (Å²) in [6.07, 6.45) is 6.03. The van der Waals surface area contributed by atoms with Gasteiger partial charge in [-0.25, -0.2) is 0 Å². The number of para-hydroxylation sites is 1. The molecule has 0 aliphatic carbocycles. The number of hydrogen-bond donors (Lipinski definition) is 1. The Morgan fingerprint density at radius 2 is 1.79 bits per heavy atom. The summed E-state index contributed by atoms with van der Waals surface area (Å²) < 4.78 is 16.8. The SMILES string of the molecule is COc1ccc(COc2nc(N3CCc4ccccc43)ncc2C(=O)[AsH]CCCCCCNC(=O)OC(C)(C)C)cc1. The van der Waals surface area contributed by atoms with E-state index >= 15 is 0 Å². The number of ether oxygens (including phenoxy) is 3. The molecular formula is C32H41AsN4O5. The van der Waals surface area contributed by atoms with Crippen LogP contribution in [0.1, 0.15) is 67.9 Å². The molecule has 0 saturated heterocycles. The average Bonchev–Trinajstić information content (AvgIpc) is 3.41. The standard InChI is InChI=1S/C32H41AsN4O5/c1-32(2,3)42-31(39)34-19-10-6-5-9-18-33-28(38)26-21-35-30(37-20-17-24-11-7-8-12-27(24)37)36-29(26)41-22-23-13-15-25(40-4)16-14-23/h7-8,11-16,21,33H,5-6,9-10,17-20,22H2,1-4H3,(H,34,39). The van der Waals surface area contributed by atoms with E-state index in [2.05, 4.69) is 27.3 Å². The van der Waals surface area contributed by atoms with E-state index in [1.165, 1.54) is 5.56 Å². The zero-order valence-corrected chi connectivity index (χ0v) is 27.0. The number of nitrogens with zero attached hydrogens (tertiary/aromatic N) is 3. The molecule has 1 amide bonds. The summed E-state index contributed by atoms with van der Waals surface area (Å²) >= 11 is -0.897. The van der Waals surface area contributed by atoms with Gasteiger partial charge in [0, 0.05) is 0 Å². The fourth-order valence-corrected chi connectivity index (χ4v) is 6.71. The molecule has 3 aromatic rings. The number of fused-ring (bicyclic) bond motifs is 1. The second kappa shape index (κ2) is 15.1. The first kappa shape index (κ1) is 31.4. The fourth-order valence-electron chi connectivity index (χ4n) is 4.58. The molecule has 0 spiro atoms. The molecule has 1 aromatic heterocycles. The maximum atomic E-state index is 13.3. The van der Waals surface area contributed by atoms with Gasteiger partial charge in [0.25, 0.3) is 0 Å². The third-order valence-electron chi connectivity index (χ3n) is 6.71. The molecule has 2 aromatic carbocycles. The maximum absolute atomic E-state index is 13.3. The van der Waals surface area contributed by atoms with Gasteiger partial charge in [0.2, 0.25) is 0 Å². The van der Waals surface area contributed by atoms with E-state index in [0.717, 1.165) is 60.9 Å². The molecule has 0 fully saturated rings. The number of carbonyl (C=O) groups excluding carboxylic acids is 2. The van der Waals surface area contributed by atoms with Crippen molar-refractivity contribution in [3.05, 3.63) is 71.4 Å². The molecule has 1 unspecified atom stereocenters. The third kappa shape index (κ3) is 9.21. The predicted octanol–water partition coefficient (Wildman–Crippen LogP) is 5.84. The second-order valence-corrected chi connectivity index (χ2v) is 13.9. The van der Waals surface area contributed by atoms with Crippen LogP contribution in [0.4, 0.5) is 16.4 Å². The van der Waals surface area contributed by atoms with Crippen molar-refractivity contribution < 1.29 is 23.8 Å². The van der Waals surface area contributed by atoms with Crippen LogP contribution in [0, 0.1) is 0 Å². The molecule has 42 heavy (non-hydrogen) atoms. The Morgan fingerprint density at radius 1 is 1.02 bits per heavy atom. The zero-order valence-electron chi connectivity index (χ0n) is 24.9. The summed E-state index contributed by atoms with van der Waals surface area (Å²) in [7, 11) is 1.63. The molecule has 0 bridgehead atoms. The Balaban J connectivity index is 1.33. The number of methoxy groups -OCH3 is 1. The number of unbranched alkanes of at least 4 members (excludes halogenated alkanes) is 3. The number of amides is 1. The van der Waals surface area contributed by atoms with Gasteiger partial charge < -0.3 is 0 Å². The topological polar surface area (TPSA) is 103 Å². The summed E-state index contributed by atoms with van der Waals surface area (Å²) in [6, 6.07) is 15.9. The van der Waals surface area contributed by atoms with Gasteiger partial charge in [-0.15, -0.1) is 0 Å². The summed E-state index contributed by atoms with van der Waals surface area (Å²) in [6.45, 7) is 7.20. The molecule has 1 N–H and O–H groups in total. The first-order valence-electron chi connectivity index (χ1n) is 14.5. The summed E-state index contributed by atoms with van der Waals surface area (Å²) in [5.74, 6) is 1.65. The Morgan fingerprint density at radius 3 is 2.55 bits per heavy atom. The van der Waals surface area contributed by atoms with Gasteiger partial charge in [0.05, 0.1) is 0 Å². The quantitative estimate of drug-likeness (QED) is 0.174. The van der Waals surface area contributed by atoms with E-state index < -0.39 is 21.4 Å². The molecule has 1 aliphatic rings. The Kier molecular flexibility index (Phi) is 11.2. The Hall–Kier alpha value is -3.58. The van der Waals surface area contributed by atoms with Crippen molar-refractivity contribution in [2.45, 2.75) is 70.3 Å². The normalized spacial score (nSPS) is 12.8. The van der Waals surface area contributed by atoms with Gasteiger partial charge >= 0.3 is 256 Å². The number of aromatic nitrogens is 2. The van der Waals surface area contributed by atoms with E-state index in [4.69, 9.17) is 19.2 Å². The molecule has 0 radical (unpaired) electrons. The van der Waals surface area contributed by atoms with E-state index in [0.29, 0.717) is 23.9 Å². The third-order valence-corrected chi connectivity index (χ3v) is 9.21. The number of alkyl carbamates (subject to hydrolysis) is 1. The van der Waals surface area contributed by atoms with Crippen LogP contribution in [0.5, 0.6) is 11.6 Å². The zero-order chi connectivity index (χ0) is 30.0. The van der Waals surface area contributed by atoms with Crippen LogP contribution in [0.3, 0.4) is 0 Å². The van der Waals surface area contributed by atoms with Gasteiger partial charge in [-0.05, 0) is 0 Å². The minimum absolute atomic E-state index is 0.0969. The molecule has 1 atom stereocenters. The predicted molar refractivity (Wildman–Crippen MR) is 166 cm³/mol. The van der Waals surface area contributed by atoms with E-state index in [9.17, 15) is 9.59 Å². The van der Waals surface area contributed by atoms with Crippen molar-refractivity contribution in [2.24, 2.45) is 0 Å². The molecule has 224 valence electrons. The number of nitrogens with one attached hydrogen (secondary N) is 1. The Bertz CT molecular complexity index is 1340. The molecule has 9 nitrogen and oxygen atoms in total. The number of anilines is 2. The Labute approximate surface area is 255 Å². The average molecular weight is 637 g/mol. The van der Waals surface area contributed by atoms with Gasteiger partial charge in [-0.3, -0.25) is 0 Å². The first-order chi connectivity index (χ1) is 20.2. The summed E-state index contributed by atoms with van der Waals surface area (Å²) in [4.78, 5) is 36.5. The number of benzene rings is 2. The molecule has 1 aliphatic heterocycles. The van der Waals surface area contributed by atoms with Gasteiger partial charge in [0.1, 0.15) is 0 Å². The van der Waals surface area contributed by atoms with Crippen LogP contribution in [-0.4, -0.2) is 62.2 Å². The fraction of sp³-hybridized carbons (Fsp3) is 0.438. The van der Waals surface area contributed by atoms with Crippen molar-refractivity contribution in [3.63, 3.8) is 0 Å². The van der Waals surface area contributed by atoms with Crippen molar-refractivity contribution >= 4 is 38.1 Å². The van der Waals surface area contributed by atoms with Crippen LogP contribution >= 0.6 is 0 Å². The van der Waals surface area contributed by atoms with Gasteiger partial charge in [0.15, 0.2) is 0 Å². The van der Waals surface area contributed by atoms with Crippen molar-refractivity contribution in [2.75, 3.05) is 25.1 Å². The molecule has 2 heterocycles. The van der Waals surface area contributed by atoms with Crippen molar-refractivity contribution in [3.8, 4) is 11.6 Å². The molecule has 0 saturated carbocycles. The van der Waals surface area contributed by atoms with Gasteiger partial charge in [-0.1, -0.05) is 0 Å². The van der Waals surface area contributed by atoms with Gasteiger partial charge in [-0.2, -0.15) is 0 Å². The number of hydrogen-bond acceptors (Lipinski definition) is 8.